The molecule has 1 aromatic carbocycles. The zero-order valence-electron chi connectivity index (χ0n) is 7.42. The van der Waals surface area contributed by atoms with Crippen molar-refractivity contribution in [2.24, 2.45) is 0 Å². The number of hydrogen-bond acceptors (Lipinski definition) is 1. The molecule has 0 amide bonds. The first kappa shape index (κ1) is 10.4. The van der Waals surface area contributed by atoms with Crippen molar-refractivity contribution in [2.45, 2.75) is 13.8 Å². The first-order valence-corrected chi connectivity index (χ1v) is 4.61. The molecule has 0 N–H and O–H groups in total. The van der Waals surface area contributed by atoms with Crippen LogP contribution in [0.2, 0.25) is 0 Å². The van der Waals surface area contributed by atoms with E-state index in [-0.39, 0.29) is 0 Å². The van der Waals surface area contributed by atoms with Crippen molar-refractivity contribution in [3.05, 3.63) is 36.8 Å². The minimum Gasteiger partial charge on any atom is -0.586 e. The summed E-state index contributed by atoms with van der Waals surface area (Å²) in [6.07, 6.45) is 0. The summed E-state index contributed by atoms with van der Waals surface area (Å²) in [7, 11) is 0. The van der Waals surface area contributed by atoms with Crippen LogP contribution in [-0.4, -0.2) is 16.6 Å². The predicted octanol–water partition coefficient (Wildman–Crippen LogP) is 1.82. The van der Waals surface area contributed by atoms with Gasteiger partial charge in [0.1, 0.15) is 0 Å². The molecule has 0 atom stereocenters. The Kier molecular flexibility index (Phi) is 5.83. The fourth-order valence-electron chi connectivity index (χ4n) is 0.703. The molecule has 1 aromatic rings. The molecule has 0 spiro atoms. The lowest BCUT2D eigenvalue weighted by atomic mass is 10.2. The summed E-state index contributed by atoms with van der Waals surface area (Å²) in [6, 6.07) is 7.76. The maximum atomic E-state index is 5.12. The third-order valence-corrected chi connectivity index (χ3v) is 1.63. The monoisotopic (exact) mass is 165 g/mol. The smallest absolute Gasteiger partial charge is 0.516 e. The topological polar surface area (TPSA) is 9.23 Å². The van der Waals surface area contributed by atoms with E-state index in [1.54, 1.807) is 0 Å². The first-order chi connectivity index (χ1) is 5.34. The van der Waals surface area contributed by atoms with Crippen molar-refractivity contribution in [3.8, 4) is 5.75 Å². The summed E-state index contributed by atoms with van der Waals surface area (Å²) in [4.78, 5) is 0. The molecule has 0 saturated carbocycles. The van der Waals surface area contributed by atoms with Gasteiger partial charge in [-0.25, -0.2) is 0 Å². The SMILES string of the molecule is CC.[CH2+]c1ccccc1[O][AlH2]. The fourth-order valence-corrected chi connectivity index (χ4v) is 1.10. The van der Waals surface area contributed by atoms with Gasteiger partial charge in [0.05, 0.1) is 0 Å². The molecular weight excluding hydrogens is 151 g/mol. The van der Waals surface area contributed by atoms with Crippen LogP contribution in [0.1, 0.15) is 19.4 Å². The van der Waals surface area contributed by atoms with E-state index in [1.807, 2.05) is 38.1 Å². The lowest BCUT2D eigenvalue weighted by molar-refractivity contribution is 0.613. The summed E-state index contributed by atoms with van der Waals surface area (Å²) in [5.74, 6) is 0.907. The molecule has 0 heterocycles. The van der Waals surface area contributed by atoms with Crippen LogP contribution in [-0.2, 0) is 0 Å². The van der Waals surface area contributed by atoms with Gasteiger partial charge in [-0.15, -0.1) is 0 Å². The van der Waals surface area contributed by atoms with E-state index in [1.165, 1.54) is 0 Å². The predicted molar refractivity (Wildman–Crippen MR) is 51.4 cm³/mol. The van der Waals surface area contributed by atoms with Gasteiger partial charge in [-0.3, -0.25) is 0 Å². The van der Waals surface area contributed by atoms with Crippen LogP contribution in [0.5, 0.6) is 5.75 Å². The van der Waals surface area contributed by atoms with Crippen molar-refractivity contribution in [2.75, 3.05) is 0 Å². The highest BCUT2D eigenvalue weighted by molar-refractivity contribution is 6.00. The van der Waals surface area contributed by atoms with Crippen LogP contribution >= 0.6 is 0 Å². The van der Waals surface area contributed by atoms with E-state index in [0.717, 1.165) is 27.9 Å². The Labute approximate surface area is 77.1 Å². The molecule has 0 saturated heterocycles. The van der Waals surface area contributed by atoms with Gasteiger partial charge in [0.2, 0.25) is 0 Å². The van der Waals surface area contributed by atoms with E-state index in [4.69, 9.17) is 3.79 Å². The Morgan fingerprint density at radius 2 is 1.82 bits per heavy atom. The van der Waals surface area contributed by atoms with Gasteiger partial charge < -0.3 is 3.79 Å². The molecule has 58 valence electrons. The highest BCUT2D eigenvalue weighted by Gasteiger charge is 2.00. The quantitative estimate of drug-likeness (QED) is 0.455. The van der Waals surface area contributed by atoms with E-state index >= 15 is 0 Å². The number of para-hydroxylation sites is 1. The van der Waals surface area contributed by atoms with Gasteiger partial charge in [0, 0.05) is 19.1 Å². The van der Waals surface area contributed by atoms with Gasteiger partial charge in [0.25, 0.3) is 0 Å². The third-order valence-electron chi connectivity index (χ3n) is 1.19. The standard InChI is InChI=1S/C7H6O.C2H6.Al.2H/c1-6-4-2-3-5-7(6)8;1-2;;;/h2-5H,1H2;1-2H3;;;/q;;+1;;. The molecule has 0 fully saturated rings. The highest BCUT2D eigenvalue weighted by Crippen LogP contribution is 2.14. The Morgan fingerprint density at radius 3 is 2.18 bits per heavy atom. The van der Waals surface area contributed by atoms with Crippen molar-refractivity contribution in [1.29, 1.82) is 0 Å². The van der Waals surface area contributed by atoms with Crippen LogP contribution in [0.25, 0.3) is 0 Å². The molecule has 0 aliphatic carbocycles. The number of hydrogen-bond donors (Lipinski definition) is 0. The summed E-state index contributed by atoms with van der Waals surface area (Å²) in [5.41, 5.74) is 0.965. The second-order valence-electron chi connectivity index (χ2n) is 1.81. The molecule has 0 bridgehead atoms. The maximum absolute atomic E-state index is 5.12. The van der Waals surface area contributed by atoms with Gasteiger partial charge in [-0.1, -0.05) is 13.8 Å². The summed E-state index contributed by atoms with van der Waals surface area (Å²) >= 11 is 0.735. The molecule has 0 aliphatic heterocycles. The first-order valence-electron chi connectivity index (χ1n) is 3.79. The summed E-state index contributed by atoms with van der Waals surface area (Å²) < 4.78 is 5.12. The molecule has 1 rings (SSSR count). The number of rotatable bonds is 1. The Balaban J connectivity index is 0.000000461. The van der Waals surface area contributed by atoms with E-state index < -0.39 is 0 Å². The highest BCUT2D eigenvalue weighted by atomic mass is 27.1. The van der Waals surface area contributed by atoms with Crippen LogP contribution in [0.15, 0.2) is 24.3 Å². The Morgan fingerprint density at radius 1 is 1.27 bits per heavy atom. The summed E-state index contributed by atoms with van der Waals surface area (Å²) in [6.45, 7) is 7.79. The molecule has 0 aliphatic rings. The van der Waals surface area contributed by atoms with Crippen molar-refractivity contribution >= 4 is 16.6 Å². The summed E-state index contributed by atoms with van der Waals surface area (Å²) in [5, 5.41) is 0. The van der Waals surface area contributed by atoms with Crippen LogP contribution < -0.4 is 3.79 Å². The average molecular weight is 165 g/mol. The molecule has 0 unspecified atom stereocenters. The molecular formula is C9H14AlO+. The van der Waals surface area contributed by atoms with Crippen molar-refractivity contribution < 1.29 is 3.79 Å². The van der Waals surface area contributed by atoms with E-state index in [0.29, 0.717) is 0 Å². The largest absolute Gasteiger partial charge is 0.586 e. The average Bonchev–Trinajstić information content (AvgIpc) is 2.09. The normalized spacial score (nSPS) is 7.82. The van der Waals surface area contributed by atoms with Gasteiger partial charge in [-0.2, -0.15) is 0 Å². The molecule has 11 heavy (non-hydrogen) atoms. The van der Waals surface area contributed by atoms with Crippen LogP contribution in [0.4, 0.5) is 0 Å². The molecule has 2 heteroatoms. The van der Waals surface area contributed by atoms with E-state index in [2.05, 4.69) is 6.92 Å². The van der Waals surface area contributed by atoms with Crippen molar-refractivity contribution in [1.82, 2.24) is 0 Å². The maximum Gasteiger partial charge on any atom is 0.516 e. The van der Waals surface area contributed by atoms with Gasteiger partial charge >= 0.3 is 16.6 Å². The number of benzene rings is 1. The zero-order chi connectivity index (χ0) is 8.69. The van der Waals surface area contributed by atoms with Crippen LogP contribution in [0, 0.1) is 6.92 Å². The van der Waals surface area contributed by atoms with E-state index in [9.17, 15) is 0 Å². The Bertz CT molecular complexity index is 199. The van der Waals surface area contributed by atoms with Crippen molar-refractivity contribution in [3.63, 3.8) is 0 Å². The van der Waals surface area contributed by atoms with Gasteiger partial charge in [-0.05, 0) is 12.1 Å². The molecule has 0 radical (unpaired) electrons. The minimum atomic E-state index is 0.735. The molecule has 1 nitrogen and oxygen atoms in total. The lowest BCUT2D eigenvalue weighted by Gasteiger charge is -1.94. The minimum absolute atomic E-state index is 0.735. The second kappa shape index (κ2) is 6.15. The van der Waals surface area contributed by atoms with Gasteiger partial charge in [0.15, 0.2) is 11.3 Å². The zero-order valence-corrected chi connectivity index (χ0v) is 9.42. The lowest BCUT2D eigenvalue weighted by Crippen LogP contribution is -1.86. The van der Waals surface area contributed by atoms with Crippen LogP contribution in [0.3, 0.4) is 0 Å². The third kappa shape index (κ3) is 3.36. The molecule has 0 aromatic heterocycles. The fraction of sp³-hybridized carbons (Fsp3) is 0.222. The Hall–Kier alpha value is -0.578. The second-order valence-corrected chi connectivity index (χ2v) is 2.22.